The third-order valence-corrected chi connectivity index (χ3v) is 3.85. The molecule has 0 aliphatic carbocycles. The summed E-state index contributed by atoms with van der Waals surface area (Å²) >= 11 is 1.47. The molecule has 4 heteroatoms. The summed E-state index contributed by atoms with van der Waals surface area (Å²) in [5, 5.41) is 1.86. The first kappa shape index (κ1) is 12.7. The Bertz CT molecular complexity index is 735. The maximum absolute atomic E-state index is 12.9. The second-order valence-electron chi connectivity index (χ2n) is 4.21. The smallest absolute Gasteiger partial charge is 0.194 e. The minimum Gasteiger partial charge on any atom is -0.289 e. The lowest BCUT2D eigenvalue weighted by molar-refractivity contribution is 0.103. The van der Waals surface area contributed by atoms with Crippen LogP contribution in [0.5, 0.6) is 0 Å². The fraction of sp³-hybridized carbons (Fsp3) is 0. The number of hydrogen-bond donors (Lipinski definition) is 0. The van der Waals surface area contributed by atoms with Gasteiger partial charge in [0.15, 0.2) is 5.78 Å². The van der Waals surface area contributed by atoms with Crippen LogP contribution in [0, 0.1) is 5.82 Å². The summed E-state index contributed by atoms with van der Waals surface area (Å²) in [7, 11) is 0. The highest BCUT2D eigenvalue weighted by molar-refractivity contribution is 7.14. The maximum Gasteiger partial charge on any atom is 0.194 e. The van der Waals surface area contributed by atoms with Crippen molar-refractivity contribution in [3.63, 3.8) is 0 Å². The molecule has 0 unspecified atom stereocenters. The van der Waals surface area contributed by atoms with Crippen LogP contribution in [-0.4, -0.2) is 10.8 Å². The predicted octanol–water partition coefficient (Wildman–Crippen LogP) is 4.18. The molecular formula is C16H10FNOS. The molecule has 98 valence electrons. The average molecular weight is 283 g/mol. The Morgan fingerprint density at radius 1 is 1.05 bits per heavy atom. The Kier molecular flexibility index (Phi) is 3.39. The zero-order valence-electron chi connectivity index (χ0n) is 10.4. The monoisotopic (exact) mass is 283 g/mol. The van der Waals surface area contributed by atoms with Crippen LogP contribution in [-0.2, 0) is 0 Å². The summed E-state index contributed by atoms with van der Waals surface area (Å²) in [4.78, 5) is 17.6. The highest BCUT2D eigenvalue weighted by Gasteiger charge is 2.16. The Labute approximate surface area is 119 Å². The van der Waals surface area contributed by atoms with Crippen molar-refractivity contribution in [2.75, 3.05) is 0 Å². The summed E-state index contributed by atoms with van der Waals surface area (Å²) in [6, 6.07) is 12.9. The van der Waals surface area contributed by atoms with Crippen LogP contribution >= 0.6 is 11.3 Å². The number of benzene rings is 1. The Balaban J connectivity index is 2.02. The van der Waals surface area contributed by atoms with E-state index in [9.17, 15) is 9.18 Å². The van der Waals surface area contributed by atoms with Crippen LogP contribution in [0.4, 0.5) is 4.39 Å². The van der Waals surface area contributed by atoms with E-state index in [1.807, 2.05) is 23.6 Å². The number of nitrogens with zero attached hydrogens (tertiary/aromatic N) is 1. The zero-order chi connectivity index (χ0) is 13.9. The van der Waals surface area contributed by atoms with Crippen LogP contribution in [0.1, 0.15) is 15.9 Å². The van der Waals surface area contributed by atoms with Crippen molar-refractivity contribution >= 4 is 17.1 Å². The van der Waals surface area contributed by atoms with E-state index in [0.29, 0.717) is 11.1 Å². The lowest BCUT2D eigenvalue weighted by Gasteiger charge is -2.03. The van der Waals surface area contributed by atoms with Gasteiger partial charge in [0.25, 0.3) is 0 Å². The second kappa shape index (κ2) is 5.35. The number of pyridine rings is 1. The normalized spacial score (nSPS) is 10.4. The number of halogens is 1. The zero-order valence-corrected chi connectivity index (χ0v) is 11.2. The van der Waals surface area contributed by atoms with E-state index in [1.54, 1.807) is 12.3 Å². The van der Waals surface area contributed by atoms with Gasteiger partial charge in [-0.05, 0) is 47.8 Å². The molecule has 0 aliphatic heterocycles. The van der Waals surface area contributed by atoms with E-state index in [0.717, 1.165) is 10.6 Å². The average Bonchev–Trinajstić information content (AvgIpc) is 2.97. The fourth-order valence-corrected chi connectivity index (χ4v) is 2.81. The van der Waals surface area contributed by atoms with Crippen molar-refractivity contribution in [3.05, 3.63) is 77.1 Å². The van der Waals surface area contributed by atoms with Gasteiger partial charge in [-0.1, -0.05) is 6.07 Å². The van der Waals surface area contributed by atoms with E-state index < -0.39 is 0 Å². The standard InChI is InChI=1S/C16H10FNOS/c17-12-6-4-11(5-7-12)15(19)13-8-10-20-16(13)14-3-1-2-9-18-14/h1-10H. The molecule has 0 spiro atoms. The third kappa shape index (κ3) is 2.38. The largest absolute Gasteiger partial charge is 0.289 e. The van der Waals surface area contributed by atoms with Crippen LogP contribution in [0.3, 0.4) is 0 Å². The molecule has 2 heterocycles. The van der Waals surface area contributed by atoms with Gasteiger partial charge in [-0.25, -0.2) is 4.39 Å². The molecule has 0 fully saturated rings. The van der Waals surface area contributed by atoms with Crippen molar-refractivity contribution in [1.82, 2.24) is 4.98 Å². The van der Waals surface area contributed by atoms with Gasteiger partial charge in [0.1, 0.15) is 5.82 Å². The van der Waals surface area contributed by atoms with Crippen molar-refractivity contribution < 1.29 is 9.18 Å². The van der Waals surface area contributed by atoms with Gasteiger partial charge in [0.05, 0.1) is 10.6 Å². The van der Waals surface area contributed by atoms with Crippen LogP contribution < -0.4 is 0 Å². The molecule has 0 radical (unpaired) electrons. The van der Waals surface area contributed by atoms with Crippen LogP contribution in [0.15, 0.2) is 60.1 Å². The number of thiophene rings is 1. The SMILES string of the molecule is O=C(c1ccc(F)cc1)c1ccsc1-c1ccccn1. The van der Waals surface area contributed by atoms with Crippen molar-refractivity contribution in [3.8, 4) is 10.6 Å². The summed E-state index contributed by atoms with van der Waals surface area (Å²) < 4.78 is 12.9. The molecule has 0 bridgehead atoms. The van der Waals surface area contributed by atoms with Gasteiger partial charge < -0.3 is 0 Å². The number of aromatic nitrogens is 1. The summed E-state index contributed by atoms with van der Waals surface area (Å²) in [5.41, 5.74) is 1.84. The molecule has 3 rings (SSSR count). The van der Waals surface area contributed by atoms with Crippen molar-refractivity contribution in [1.29, 1.82) is 0 Å². The summed E-state index contributed by atoms with van der Waals surface area (Å²) in [6.45, 7) is 0. The molecule has 1 aromatic carbocycles. The molecule has 3 aromatic rings. The summed E-state index contributed by atoms with van der Waals surface area (Å²) in [5.74, 6) is -0.469. The quantitative estimate of drug-likeness (QED) is 0.675. The lowest BCUT2D eigenvalue weighted by Crippen LogP contribution is -2.01. The highest BCUT2D eigenvalue weighted by Crippen LogP contribution is 2.29. The first-order valence-electron chi connectivity index (χ1n) is 6.05. The molecular weight excluding hydrogens is 273 g/mol. The Hall–Kier alpha value is -2.33. The van der Waals surface area contributed by atoms with Gasteiger partial charge in [0, 0.05) is 17.3 Å². The van der Waals surface area contributed by atoms with Crippen LogP contribution in [0.25, 0.3) is 10.6 Å². The Morgan fingerprint density at radius 2 is 1.85 bits per heavy atom. The van der Waals surface area contributed by atoms with E-state index in [2.05, 4.69) is 4.98 Å². The van der Waals surface area contributed by atoms with E-state index in [4.69, 9.17) is 0 Å². The molecule has 20 heavy (non-hydrogen) atoms. The molecule has 0 saturated carbocycles. The van der Waals surface area contributed by atoms with Gasteiger partial charge in [-0.2, -0.15) is 0 Å². The highest BCUT2D eigenvalue weighted by atomic mass is 32.1. The maximum atomic E-state index is 12.9. The third-order valence-electron chi connectivity index (χ3n) is 2.91. The number of carbonyl (C=O) groups is 1. The minimum atomic E-state index is -0.350. The van der Waals surface area contributed by atoms with Crippen molar-refractivity contribution in [2.45, 2.75) is 0 Å². The number of rotatable bonds is 3. The Morgan fingerprint density at radius 3 is 2.55 bits per heavy atom. The first-order valence-corrected chi connectivity index (χ1v) is 6.93. The van der Waals surface area contributed by atoms with Crippen molar-refractivity contribution in [2.24, 2.45) is 0 Å². The molecule has 2 nitrogen and oxygen atoms in total. The molecule has 0 N–H and O–H groups in total. The molecule has 0 saturated heterocycles. The van der Waals surface area contributed by atoms with E-state index in [1.165, 1.54) is 35.6 Å². The van der Waals surface area contributed by atoms with Gasteiger partial charge in [0.2, 0.25) is 0 Å². The molecule has 0 aliphatic rings. The number of hydrogen-bond acceptors (Lipinski definition) is 3. The van der Waals surface area contributed by atoms with Gasteiger partial charge in [-0.15, -0.1) is 11.3 Å². The summed E-state index contributed by atoms with van der Waals surface area (Å²) in [6.07, 6.45) is 1.70. The van der Waals surface area contributed by atoms with Gasteiger partial charge >= 0.3 is 0 Å². The molecule has 2 aromatic heterocycles. The van der Waals surface area contributed by atoms with E-state index in [-0.39, 0.29) is 11.6 Å². The molecule has 0 atom stereocenters. The second-order valence-corrected chi connectivity index (χ2v) is 5.13. The first-order chi connectivity index (χ1) is 9.75. The lowest BCUT2D eigenvalue weighted by atomic mass is 10.0. The number of ketones is 1. The number of carbonyl (C=O) groups excluding carboxylic acids is 1. The van der Waals surface area contributed by atoms with Gasteiger partial charge in [-0.3, -0.25) is 9.78 Å². The van der Waals surface area contributed by atoms with Crippen LogP contribution in [0.2, 0.25) is 0 Å². The minimum absolute atomic E-state index is 0.119. The predicted molar refractivity (Wildman–Crippen MR) is 77.4 cm³/mol. The topological polar surface area (TPSA) is 30.0 Å². The fourth-order valence-electron chi connectivity index (χ4n) is 1.94. The van der Waals surface area contributed by atoms with E-state index >= 15 is 0 Å². The molecule has 0 amide bonds.